The standard InChI is InChI=1S/C25H27Cl2FN4O3/c26-20-13-22-24(33)29-14-18(32(22)23(20)27)11-17-1-2-21(28)19(12-17)25(34)31-5-3-16(4-6-31)15-30-7-9-35-10-8-30/h1-2,12-14,16H,3-11,15H2,(H,29,33). The SMILES string of the molecule is O=C(c1cc(Cc2c[nH]c(=O)c3cc(Cl)c(Cl)n23)ccc1F)N1CCC(CN2CCOCC2)CC1. The lowest BCUT2D eigenvalue weighted by atomic mass is 9.95. The number of aromatic nitrogens is 2. The molecule has 7 nitrogen and oxygen atoms in total. The number of nitrogens with zero attached hydrogens (tertiary/aromatic N) is 3. The Kier molecular flexibility index (Phi) is 7.16. The molecule has 1 aromatic carbocycles. The van der Waals surface area contributed by atoms with E-state index in [1.54, 1.807) is 27.6 Å². The predicted molar refractivity (Wildman–Crippen MR) is 133 cm³/mol. The minimum Gasteiger partial charge on any atom is -0.379 e. The Bertz CT molecular complexity index is 1290. The second-order valence-corrected chi connectivity index (χ2v) is 10.0. The first-order chi connectivity index (χ1) is 16.9. The molecule has 0 aliphatic carbocycles. The first kappa shape index (κ1) is 24.3. The van der Waals surface area contributed by atoms with Gasteiger partial charge in [0.2, 0.25) is 0 Å². The van der Waals surface area contributed by atoms with E-state index in [0.717, 1.165) is 51.3 Å². The van der Waals surface area contributed by atoms with Crippen molar-refractivity contribution in [2.75, 3.05) is 45.9 Å². The van der Waals surface area contributed by atoms with Gasteiger partial charge in [-0.3, -0.25) is 18.9 Å². The van der Waals surface area contributed by atoms with Crippen LogP contribution in [0.4, 0.5) is 4.39 Å². The van der Waals surface area contributed by atoms with Crippen molar-refractivity contribution in [1.82, 2.24) is 19.2 Å². The van der Waals surface area contributed by atoms with Crippen molar-refractivity contribution in [3.63, 3.8) is 0 Å². The van der Waals surface area contributed by atoms with Gasteiger partial charge in [0.1, 0.15) is 16.5 Å². The number of rotatable bonds is 5. The monoisotopic (exact) mass is 520 g/mol. The molecule has 0 atom stereocenters. The number of aromatic amines is 1. The Morgan fingerprint density at radius 3 is 2.60 bits per heavy atom. The van der Waals surface area contributed by atoms with E-state index >= 15 is 0 Å². The Morgan fingerprint density at radius 1 is 1.11 bits per heavy atom. The number of nitrogens with one attached hydrogen (secondary N) is 1. The first-order valence-electron chi connectivity index (χ1n) is 11.9. The highest BCUT2D eigenvalue weighted by Gasteiger charge is 2.27. The lowest BCUT2D eigenvalue weighted by Gasteiger charge is -2.36. The van der Waals surface area contributed by atoms with Crippen molar-refractivity contribution < 1.29 is 13.9 Å². The summed E-state index contributed by atoms with van der Waals surface area (Å²) >= 11 is 12.4. The van der Waals surface area contributed by atoms with Crippen LogP contribution in [-0.2, 0) is 11.2 Å². The van der Waals surface area contributed by atoms with Gasteiger partial charge < -0.3 is 14.6 Å². The smallest absolute Gasteiger partial charge is 0.272 e. The van der Waals surface area contributed by atoms with Crippen LogP contribution in [0.3, 0.4) is 0 Å². The number of H-pyrrole nitrogens is 1. The van der Waals surface area contributed by atoms with Gasteiger partial charge in [0.25, 0.3) is 11.5 Å². The Labute approximate surface area is 212 Å². The minimum absolute atomic E-state index is 0.0615. The van der Waals surface area contributed by atoms with Gasteiger partial charge in [-0.1, -0.05) is 29.3 Å². The van der Waals surface area contributed by atoms with Crippen LogP contribution in [-0.4, -0.2) is 71.0 Å². The lowest BCUT2D eigenvalue weighted by Crippen LogP contribution is -2.44. The molecule has 2 aliphatic rings. The summed E-state index contributed by atoms with van der Waals surface area (Å²) in [5.41, 5.74) is 1.48. The van der Waals surface area contributed by atoms with Gasteiger partial charge in [0.15, 0.2) is 0 Å². The number of amides is 1. The molecule has 4 heterocycles. The van der Waals surface area contributed by atoms with Crippen LogP contribution in [0.25, 0.3) is 5.52 Å². The molecule has 2 fully saturated rings. The van der Waals surface area contributed by atoms with E-state index in [0.29, 0.717) is 36.6 Å². The van der Waals surface area contributed by atoms with E-state index in [4.69, 9.17) is 27.9 Å². The third kappa shape index (κ3) is 5.11. The van der Waals surface area contributed by atoms with E-state index in [9.17, 15) is 14.0 Å². The molecule has 0 bridgehead atoms. The molecule has 0 radical (unpaired) electrons. The highest BCUT2D eigenvalue weighted by atomic mass is 35.5. The Balaban J connectivity index is 1.29. The molecule has 0 saturated carbocycles. The van der Waals surface area contributed by atoms with Crippen molar-refractivity contribution in [3.05, 3.63) is 73.6 Å². The summed E-state index contributed by atoms with van der Waals surface area (Å²) in [4.78, 5) is 32.2. The maximum atomic E-state index is 14.7. The lowest BCUT2D eigenvalue weighted by molar-refractivity contribution is 0.0242. The van der Waals surface area contributed by atoms with E-state index in [1.807, 2.05) is 0 Å². The number of carbonyl (C=O) groups excluding carboxylic acids is 1. The molecule has 1 amide bonds. The molecule has 10 heteroatoms. The van der Waals surface area contributed by atoms with Crippen LogP contribution in [0.1, 0.15) is 34.5 Å². The van der Waals surface area contributed by atoms with Crippen molar-refractivity contribution in [2.24, 2.45) is 5.92 Å². The van der Waals surface area contributed by atoms with Crippen LogP contribution in [0.15, 0.2) is 35.3 Å². The summed E-state index contributed by atoms with van der Waals surface area (Å²) in [7, 11) is 0. The predicted octanol–water partition coefficient (Wildman–Crippen LogP) is 3.85. The second-order valence-electron chi connectivity index (χ2n) is 9.25. The molecule has 2 aromatic heterocycles. The number of morpholine rings is 1. The second kappa shape index (κ2) is 10.3. The zero-order valence-electron chi connectivity index (χ0n) is 19.2. The van der Waals surface area contributed by atoms with Gasteiger partial charge in [0, 0.05) is 51.0 Å². The quantitative estimate of drug-likeness (QED) is 0.554. The molecule has 2 saturated heterocycles. The van der Waals surface area contributed by atoms with Gasteiger partial charge in [-0.25, -0.2) is 4.39 Å². The Hall–Kier alpha value is -2.39. The van der Waals surface area contributed by atoms with Crippen LogP contribution in [0.2, 0.25) is 10.2 Å². The third-order valence-corrected chi connectivity index (χ3v) is 7.71. The van der Waals surface area contributed by atoms with Gasteiger partial charge in [-0.2, -0.15) is 0 Å². The van der Waals surface area contributed by atoms with E-state index in [-0.39, 0.29) is 27.2 Å². The molecule has 0 spiro atoms. The summed E-state index contributed by atoms with van der Waals surface area (Å²) in [5, 5.41) is 0.512. The van der Waals surface area contributed by atoms with Crippen molar-refractivity contribution in [2.45, 2.75) is 19.3 Å². The van der Waals surface area contributed by atoms with E-state index in [1.165, 1.54) is 12.1 Å². The average molecular weight is 521 g/mol. The van der Waals surface area contributed by atoms with Gasteiger partial charge in [0.05, 0.1) is 23.8 Å². The van der Waals surface area contributed by atoms with Gasteiger partial charge >= 0.3 is 0 Å². The highest BCUT2D eigenvalue weighted by molar-refractivity contribution is 6.42. The van der Waals surface area contributed by atoms with E-state index in [2.05, 4.69) is 9.88 Å². The third-order valence-electron chi connectivity index (χ3n) is 6.96. The van der Waals surface area contributed by atoms with Gasteiger partial charge in [-0.15, -0.1) is 0 Å². The summed E-state index contributed by atoms with van der Waals surface area (Å²) in [6.07, 6.45) is 3.71. The fourth-order valence-electron chi connectivity index (χ4n) is 5.02. The zero-order chi connectivity index (χ0) is 24.5. The summed E-state index contributed by atoms with van der Waals surface area (Å²) in [6.45, 7) is 5.74. The molecule has 0 unspecified atom stereocenters. The number of benzene rings is 1. The number of likely N-dealkylation sites (tertiary alicyclic amines) is 1. The molecule has 186 valence electrons. The van der Waals surface area contributed by atoms with Crippen LogP contribution in [0, 0.1) is 11.7 Å². The maximum Gasteiger partial charge on any atom is 0.272 e. The number of ether oxygens (including phenoxy) is 1. The number of hydrogen-bond donors (Lipinski definition) is 1. The molecule has 5 rings (SSSR count). The van der Waals surface area contributed by atoms with Crippen molar-refractivity contribution >= 4 is 34.6 Å². The fraction of sp³-hybridized carbons (Fsp3) is 0.440. The summed E-state index contributed by atoms with van der Waals surface area (Å²) in [6, 6.07) is 6.06. The number of fused-ring (bicyclic) bond motifs is 1. The molecular weight excluding hydrogens is 494 g/mol. The van der Waals surface area contributed by atoms with Crippen molar-refractivity contribution in [1.29, 1.82) is 0 Å². The molecular formula is C25H27Cl2FN4O3. The normalized spacial score (nSPS) is 17.9. The molecule has 35 heavy (non-hydrogen) atoms. The fourth-order valence-corrected chi connectivity index (χ4v) is 5.46. The highest BCUT2D eigenvalue weighted by Crippen LogP contribution is 2.27. The number of carbonyl (C=O) groups is 1. The molecule has 2 aliphatic heterocycles. The topological polar surface area (TPSA) is 70.1 Å². The number of piperidine rings is 1. The van der Waals surface area contributed by atoms with Crippen LogP contribution in [0.5, 0.6) is 0 Å². The number of hydrogen-bond acceptors (Lipinski definition) is 4. The van der Waals surface area contributed by atoms with E-state index < -0.39 is 5.82 Å². The van der Waals surface area contributed by atoms with Crippen LogP contribution < -0.4 is 5.56 Å². The van der Waals surface area contributed by atoms with Crippen molar-refractivity contribution in [3.8, 4) is 0 Å². The minimum atomic E-state index is -0.539. The zero-order valence-corrected chi connectivity index (χ0v) is 20.7. The largest absolute Gasteiger partial charge is 0.379 e. The first-order valence-corrected chi connectivity index (χ1v) is 12.6. The maximum absolute atomic E-state index is 14.7. The van der Waals surface area contributed by atoms with Gasteiger partial charge in [-0.05, 0) is 42.5 Å². The molecule has 3 aromatic rings. The van der Waals surface area contributed by atoms with Crippen LogP contribution >= 0.6 is 23.2 Å². The number of halogens is 3. The average Bonchev–Trinajstić information content (AvgIpc) is 3.18. The Morgan fingerprint density at radius 2 is 1.86 bits per heavy atom. The summed E-state index contributed by atoms with van der Waals surface area (Å²) in [5.74, 6) is -0.292. The summed E-state index contributed by atoms with van der Waals surface area (Å²) < 4.78 is 21.7. The molecule has 1 N–H and O–H groups in total.